The fraction of sp³-hybridized carbons (Fsp3) is 0.636. The summed E-state index contributed by atoms with van der Waals surface area (Å²) in [5, 5.41) is 6.80. The van der Waals surface area contributed by atoms with Gasteiger partial charge < -0.3 is 19.9 Å². The number of aryl methyl sites for hydroxylation is 1. The third-order valence-corrected chi connectivity index (χ3v) is 5.52. The van der Waals surface area contributed by atoms with Crippen molar-refractivity contribution in [1.29, 1.82) is 0 Å². The number of imidazole rings is 1. The van der Waals surface area contributed by atoms with Crippen molar-refractivity contribution in [2.75, 3.05) is 39.3 Å². The predicted octanol–water partition coefficient (Wildman–Crippen LogP) is 3.48. The molecule has 29 heavy (non-hydrogen) atoms. The van der Waals surface area contributed by atoms with Gasteiger partial charge in [0.25, 0.3) is 0 Å². The van der Waals surface area contributed by atoms with E-state index in [0.29, 0.717) is 0 Å². The summed E-state index contributed by atoms with van der Waals surface area (Å²) in [7, 11) is 0. The van der Waals surface area contributed by atoms with Crippen molar-refractivity contribution in [2.24, 2.45) is 10.9 Å². The van der Waals surface area contributed by atoms with Crippen molar-refractivity contribution < 1.29 is 0 Å². The van der Waals surface area contributed by atoms with Gasteiger partial charge in [0.1, 0.15) is 5.65 Å². The normalized spacial score (nSPS) is 16.0. The molecule has 0 aromatic carbocycles. The Morgan fingerprint density at radius 2 is 2.07 bits per heavy atom. The minimum atomic E-state index is 0. The Kier molecular flexibility index (Phi) is 10.2. The average Bonchev–Trinajstić information content (AvgIpc) is 3.11. The van der Waals surface area contributed by atoms with Crippen LogP contribution in [0.5, 0.6) is 0 Å². The first kappa shape index (κ1) is 23.9. The first-order valence-corrected chi connectivity index (χ1v) is 10.8. The largest absolute Gasteiger partial charge is 0.357 e. The first-order chi connectivity index (χ1) is 13.7. The number of nitrogens with one attached hydrogen (secondary N) is 2. The molecule has 7 heteroatoms. The Bertz CT molecular complexity index is 764. The highest BCUT2D eigenvalue weighted by molar-refractivity contribution is 14.0. The van der Waals surface area contributed by atoms with Crippen LogP contribution in [0.15, 0.2) is 29.5 Å². The van der Waals surface area contributed by atoms with E-state index in [1.807, 2.05) is 0 Å². The van der Waals surface area contributed by atoms with Crippen LogP contribution in [0.4, 0.5) is 0 Å². The molecule has 3 heterocycles. The van der Waals surface area contributed by atoms with E-state index in [9.17, 15) is 0 Å². The quantitative estimate of drug-likeness (QED) is 0.246. The highest BCUT2D eigenvalue weighted by Gasteiger charge is 2.14. The van der Waals surface area contributed by atoms with Crippen molar-refractivity contribution in [3.8, 4) is 0 Å². The number of fused-ring (bicyclic) bond motifs is 1. The van der Waals surface area contributed by atoms with Crippen LogP contribution >= 0.6 is 24.0 Å². The lowest BCUT2D eigenvalue weighted by Crippen LogP contribution is -2.38. The Labute approximate surface area is 192 Å². The molecule has 162 valence electrons. The van der Waals surface area contributed by atoms with E-state index >= 15 is 0 Å². The average molecular weight is 512 g/mol. The van der Waals surface area contributed by atoms with Gasteiger partial charge in [-0.2, -0.15) is 0 Å². The predicted molar refractivity (Wildman–Crippen MR) is 132 cm³/mol. The molecule has 0 atom stereocenters. The number of hydrogen-bond donors (Lipinski definition) is 2. The fourth-order valence-electron chi connectivity index (χ4n) is 3.75. The number of rotatable bonds is 8. The summed E-state index contributed by atoms with van der Waals surface area (Å²) in [4.78, 5) is 12.1. The maximum atomic E-state index is 4.74. The number of aliphatic imine (C=N–C) groups is 1. The fourth-order valence-corrected chi connectivity index (χ4v) is 3.75. The Hall–Kier alpha value is -1.35. The lowest BCUT2D eigenvalue weighted by molar-refractivity contribution is 0.192. The van der Waals surface area contributed by atoms with E-state index in [2.05, 4.69) is 65.2 Å². The van der Waals surface area contributed by atoms with E-state index in [4.69, 9.17) is 9.98 Å². The summed E-state index contributed by atoms with van der Waals surface area (Å²) < 4.78 is 2.10. The molecule has 6 nitrogen and oxygen atoms in total. The lowest BCUT2D eigenvalue weighted by atomic mass is 9.99. The van der Waals surface area contributed by atoms with Gasteiger partial charge in [-0.3, -0.25) is 4.99 Å². The maximum absolute atomic E-state index is 4.74. The number of hydrogen-bond acceptors (Lipinski definition) is 3. The van der Waals surface area contributed by atoms with Gasteiger partial charge >= 0.3 is 0 Å². The van der Waals surface area contributed by atoms with Crippen molar-refractivity contribution in [2.45, 2.75) is 46.5 Å². The number of guanidine groups is 1. The smallest absolute Gasteiger partial charge is 0.191 e. The molecular weight excluding hydrogens is 475 g/mol. The number of halogens is 1. The summed E-state index contributed by atoms with van der Waals surface area (Å²) in [5.74, 6) is 1.81. The highest BCUT2D eigenvalue weighted by atomic mass is 127. The Morgan fingerprint density at radius 1 is 1.28 bits per heavy atom. The molecule has 0 bridgehead atoms. The molecule has 2 aromatic rings. The van der Waals surface area contributed by atoms with E-state index < -0.39 is 0 Å². The van der Waals surface area contributed by atoms with Crippen LogP contribution in [0, 0.1) is 12.8 Å². The second kappa shape index (κ2) is 12.4. The number of likely N-dealkylation sites (tertiary alicyclic amines) is 1. The molecule has 0 saturated carbocycles. The summed E-state index contributed by atoms with van der Waals surface area (Å²) in [6.45, 7) is 12.8. The lowest BCUT2D eigenvalue weighted by Gasteiger charge is -2.29. The summed E-state index contributed by atoms with van der Waals surface area (Å²) in [6.07, 6.45) is 8.87. The minimum Gasteiger partial charge on any atom is -0.357 e. The molecule has 0 unspecified atom stereocenters. The molecule has 0 aliphatic carbocycles. The third-order valence-electron chi connectivity index (χ3n) is 5.52. The van der Waals surface area contributed by atoms with Gasteiger partial charge in [-0.25, -0.2) is 4.98 Å². The standard InChI is InChI=1S/C22H36N6.HI/c1-4-23-22(24-11-6-13-27-15-9-18(2)10-16-27)25-12-8-20-17-28-14-5-7-19(3)21(28)26-20;/h5,7,14,17-18H,4,6,8-13,15-16H2,1-3H3,(H2,23,24,25);1H. The van der Waals surface area contributed by atoms with Gasteiger partial charge in [-0.15, -0.1) is 24.0 Å². The van der Waals surface area contributed by atoms with Crippen LogP contribution in [-0.2, 0) is 6.42 Å². The molecule has 1 aliphatic rings. The molecule has 3 rings (SSSR count). The Balaban J connectivity index is 0.00000300. The van der Waals surface area contributed by atoms with Gasteiger partial charge in [0.2, 0.25) is 0 Å². The van der Waals surface area contributed by atoms with Crippen molar-refractivity contribution in [1.82, 2.24) is 24.9 Å². The second-order valence-electron chi connectivity index (χ2n) is 7.97. The first-order valence-electron chi connectivity index (χ1n) is 10.8. The summed E-state index contributed by atoms with van der Waals surface area (Å²) >= 11 is 0. The molecule has 1 saturated heterocycles. The SMILES string of the molecule is CCNC(=NCCCN1CCC(C)CC1)NCCc1cn2cccc(C)c2n1.I. The Morgan fingerprint density at radius 3 is 2.79 bits per heavy atom. The maximum Gasteiger partial charge on any atom is 0.191 e. The molecule has 1 aliphatic heterocycles. The van der Waals surface area contributed by atoms with Crippen molar-refractivity contribution in [3.05, 3.63) is 35.8 Å². The molecule has 2 N–H and O–H groups in total. The van der Waals surface area contributed by atoms with E-state index in [-0.39, 0.29) is 24.0 Å². The number of aromatic nitrogens is 2. The molecule has 0 amide bonds. The van der Waals surface area contributed by atoms with Crippen LogP contribution in [0.25, 0.3) is 5.65 Å². The van der Waals surface area contributed by atoms with Crippen LogP contribution in [0.3, 0.4) is 0 Å². The van der Waals surface area contributed by atoms with E-state index in [0.717, 1.165) is 62.2 Å². The zero-order valence-corrected chi connectivity index (χ0v) is 20.5. The molecule has 2 aromatic heterocycles. The van der Waals surface area contributed by atoms with Gasteiger partial charge in [-0.1, -0.05) is 13.0 Å². The second-order valence-corrected chi connectivity index (χ2v) is 7.97. The monoisotopic (exact) mass is 512 g/mol. The zero-order chi connectivity index (χ0) is 19.8. The minimum absolute atomic E-state index is 0. The van der Waals surface area contributed by atoms with E-state index in [1.54, 1.807) is 0 Å². The highest BCUT2D eigenvalue weighted by Crippen LogP contribution is 2.15. The zero-order valence-electron chi connectivity index (χ0n) is 18.2. The van der Waals surface area contributed by atoms with Crippen molar-refractivity contribution >= 4 is 35.6 Å². The van der Waals surface area contributed by atoms with Crippen LogP contribution in [0.1, 0.15) is 44.4 Å². The van der Waals surface area contributed by atoms with Gasteiger partial charge in [-0.05, 0) is 70.3 Å². The van der Waals surface area contributed by atoms with Gasteiger partial charge in [0.15, 0.2) is 5.96 Å². The number of pyridine rings is 1. The molecule has 1 fully saturated rings. The summed E-state index contributed by atoms with van der Waals surface area (Å²) in [5.41, 5.74) is 3.36. The van der Waals surface area contributed by atoms with Gasteiger partial charge in [0.05, 0.1) is 5.69 Å². The van der Waals surface area contributed by atoms with Crippen LogP contribution in [0.2, 0.25) is 0 Å². The number of nitrogens with zero attached hydrogens (tertiary/aromatic N) is 4. The molecular formula is C22H37IN6. The van der Waals surface area contributed by atoms with Crippen LogP contribution in [-0.4, -0.2) is 59.5 Å². The van der Waals surface area contributed by atoms with Crippen LogP contribution < -0.4 is 10.6 Å². The summed E-state index contributed by atoms with van der Waals surface area (Å²) in [6, 6.07) is 4.16. The van der Waals surface area contributed by atoms with Gasteiger partial charge in [0, 0.05) is 38.4 Å². The molecule has 0 radical (unpaired) electrons. The number of piperidine rings is 1. The molecule has 0 spiro atoms. The van der Waals surface area contributed by atoms with Crippen molar-refractivity contribution in [3.63, 3.8) is 0 Å². The van der Waals surface area contributed by atoms with E-state index in [1.165, 1.54) is 31.5 Å². The topological polar surface area (TPSA) is 57.0 Å². The third kappa shape index (κ3) is 7.44.